The number of fused-ring (bicyclic) bond motifs is 1. The van der Waals surface area contributed by atoms with Crippen LogP contribution in [0.25, 0.3) is 11.0 Å². The Hall–Kier alpha value is -3.27. The summed E-state index contributed by atoms with van der Waals surface area (Å²) in [6, 6.07) is 12.0. The highest BCUT2D eigenvalue weighted by Crippen LogP contribution is 2.22. The topological polar surface area (TPSA) is 114 Å². The van der Waals surface area contributed by atoms with E-state index in [9.17, 15) is 18.0 Å². The van der Waals surface area contributed by atoms with Gasteiger partial charge in [0.1, 0.15) is 5.52 Å². The number of ketones is 1. The molecule has 0 aliphatic carbocycles. The van der Waals surface area contributed by atoms with Gasteiger partial charge in [0, 0.05) is 43.9 Å². The monoisotopic (exact) mass is 442 g/mol. The maximum absolute atomic E-state index is 12.7. The molecule has 2 heterocycles. The number of Topliss-reactive ketones (excluding diaryl/α,β-unsaturated/α-hetero) is 1. The Balaban J connectivity index is 1.34. The molecule has 0 atom stereocenters. The Morgan fingerprint density at radius 1 is 1.00 bits per heavy atom. The fourth-order valence-electron chi connectivity index (χ4n) is 3.64. The van der Waals surface area contributed by atoms with Crippen molar-refractivity contribution in [3.63, 3.8) is 0 Å². The SMILES string of the molecule is CC(=O)c1ccc(N2CCN(C(=O)CCS(=O)(=O)c3cccc4nonc34)CC2)cc1. The van der Waals surface area contributed by atoms with Crippen LogP contribution in [-0.4, -0.2) is 67.3 Å². The summed E-state index contributed by atoms with van der Waals surface area (Å²) in [7, 11) is -3.70. The number of carbonyl (C=O) groups excluding carboxylic acids is 2. The molecule has 3 aromatic rings. The summed E-state index contributed by atoms with van der Waals surface area (Å²) >= 11 is 0. The second kappa shape index (κ2) is 8.46. The van der Waals surface area contributed by atoms with Gasteiger partial charge in [-0.2, -0.15) is 0 Å². The molecule has 4 rings (SSSR count). The lowest BCUT2D eigenvalue weighted by Crippen LogP contribution is -2.49. The molecule has 0 unspecified atom stereocenters. The highest BCUT2D eigenvalue weighted by Gasteiger charge is 2.25. The molecule has 2 aromatic carbocycles. The minimum Gasteiger partial charge on any atom is -0.368 e. The number of aromatic nitrogens is 2. The average Bonchev–Trinajstić information content (AvgIpc) is 3.26. The van der Waals surface area contributed by atoms with Crippen molar-refractivity contribution in [3.8, 4) is 0 Å². The van der Waals surface area contributed by atoms with E-state index in [-0.39, 0.29) is 34.3 Å². The van der Waals surface area contributed by atoms with Crippen LogP contribution in [0.1, 0.15) is 23.7 Å². The summed E-state index contributed by atoms with van der Waals surface area (Å²) in [6.07, 6.45) is -0.0999. The lowest BCUT2D eigenvalue weighted by atomic mass is 10.1. The third-order valence-corrected chi connectivity index (χ3v) is 7.18. The van der Waals surface area contributed by atoms with E-state index in [1.54, 1.807) is 29.2 Å². The molecule has 162 valence electrons. The number of sulfone groups is 1. The van der Waals surface area contributed by atoms with Crippen molar-refractivity contribution in [2.24, 2.45) is 0 Å². The van der Waals surface area contributed by atoms with Crippen LogP contribution in [0.4, 0.5) is 5.69 Å². The molecule has 1 aliphatic heterocycles. The van der Waals surface area contributed by atoms with Gasteiger partial charge in [-0.25, -0.2) is 13.0 Å². The maximum Gasteiger partial charge on any atom is 0.223 e. The van der Waals surface area contributed by atoms with Gasteiger partial charge in [-0.1, -0.05) is 6.07 Å². The van der Waals surface area contributed by atoms with Gasteiger partial charge < -0.3 is 9.80 Å². The van der Waals surface area contributed by atoms with Crippen LogP contribution in [0, 0.1) is 0 Å². The van der Waals surface area contributed by atoms with Crippen LogP contribution in [0.3, 0.4) is 0 Å². The van der Waals surface area contributed by atoms with Crippen LogP contribution < -0.4 is 4.90 Å². The van der Waals surface area contributed by atoms with E-state index < -0.39 is 9.84 Å². The number of piperazine rings is 1. The summed E-state index contributed by atoms with van der Waals surface area (Å²) in [4.78, 5) is 27.9. The van der Waals surface area contributed by atoms with Crippen molar-refractivity contribution in [1.29, 1.82) is 0 Å². The fraction of sp³-hybridized carbons (Fsp3) is 0.333. The minimum absolute atomic E-state index is 0.0213. The number of hydrogen-bond donors (Lipinski definition) is 0. The molecule has 0 bridgehead atoms. The molecule has 9 nitrogen and oxygen atoms in total. The first kappa shape index (κ1) is 21.0. The van der Waals surface area contributed by atoms with E-state index in [0.717, 1.165) is 5.69 Å². The molecule has 1 saturated heterocycles. The first-order chi connectivity index (χ1) is 14.8. The van der Waals surface area contributed by atoms with Crippen molar-refractivity contribution in [1.82, 2.24) is 15.2 Å². The van der Waals surface area contributed by atoms with Gasteiger partial charge in [0.15, 0.2) is 21.1 Å². The second-order valence-corrected chi connectivity index (χ2v) is 9.51. The molecule has 0 radical (unpaired) electrons. The van der Waals surface area contributed by atoms with Gasteiger partial charge in [-0.05, 0) is 53.6 Å². The number of hydrogen-bond acceptors (Lipinski definition) is 8. The molecule has 10 heteroatoms. The summed E-state index contributed by atoms with van der Waals surface area (Å²) in [5.74, 6) is -0.474. The summed E-state index contributed by atoms with van der Waals surface area (Å²) in [5.41, 5.74) is 2.20. The highest BCUT2D eigenvalue weighted by atomic mass is 32.2. The Morgan fingerprint density at radius 2 is 1.71 bits per heavy atom. The molecule has 1 aliphatic rings. The van der Waals surface area contributed by atoms with Crippen LogP contribution >= 0.6 is 0 Å². The zero-order chi connectivity index (χ0) is 22.0. The molecule has 1 aromatic heterocycles. The molecule has 0 saturated carbocycles. The predicted octanol–water partition coefficient (Wildman–Crippen LogP) is 1.94. The van der Waals surface area contributed by atoms with Crippen LogP contribution in [0.5, 0.6) is 0 Å². The van der Waals surface area contributed by atoms with Crippen molar-refractivity contribution in [3.05, 3.63) is 48.0 Å². The number of anilines is 1. The Labute approximate surface area is 179 Å². The van der Waals surface area contributed by atoms with Gasteiger partial charge in [0.05, 0.1) is 10.6 Å². The van der Waals surface area contributed by atoms with Crippen LogP contribution in [0.2, 0.25) is 0 Å². The van der Waals surface area contributed by atoms with Crippen molar-refractivity contribution in [2.45, 2.75) is 18.2 Å². The van der Waals surface area contributed by atoms with Gasteiger partial charge in [-0.15, -0.1) is 0 Å². The second-order valence-electron chi connectivity index (χ2n) is 7.43. The normalized spacial score (nSPS) is 14.7. The average molecular weight is 442 g/mol. The number of amides is 1. The smallest absolute Gasteiger partial charge is 0.223 e. The molecule has 0 spiro atoms. The zero-order valence-corrected chi connectivity index (χ0v) is 17.8. The molecule has 0 N–H and O–H groups in total. The number of carbonyl (C=O) groups is 2. The molecule has 1 fully saturated rings. The van der Waals surface area contributed by atoms with E-state index >= 15 is 0 Å². The predicted molar refractivity (Wildman–Crippen MR) is 114 cm³/mol. The summed E-state index contributed by atoms with van der Waals surface area (Å²) in [5, 5.41) is 7.33. The van der Waals surface area contributed by atoms with Crippen LogP contribution in [-0.2, 0) is 14.6 Å². The van der Waals surface area contributed by atoms with E-state index in [1.165, 1.54) is 13.0 Å². The molecule has 31 heavy (non-hydrogen) atoms. The quantitative estimate of drug-likeness (QED) is 0.532. The van der Waals surface area contributed by atoms with Crippen molar-refractivity contribution < 1.29 is 22.6 Å². The van der Waals surface area contributed by atoms with Gasteiger partial charge in [-0.3, -0.25) is 9.59 Å². The first-order valence-electron chi connectivity index (χ1n) is 9.93. The van der Waals surface area contributed by atoms with Crippen molar-refractivity contribution in [2.75, 3.05) is 36.8 Å². The lowest BCUT2D eigenvalue weighted by molar-refractivity contribution is -0.131. The van der Waals surface area contributed by atoms with E-state index in [0.29, 0.717) is 37.3 Å². The summed E-state index contributed by atoms with van der Waals surface area (Å²) < 4.78 is 30.1. The van der Waals surface area contributed by atoms with E-state index in [1.807, 2.05) is 12.1 Å². The Bertz CT molecular complexity index is 1210. The standard InChI is InChI=1S/C21H22N4O5S/c1-15(26)16-5-7-17(8-6-16)24-10-12-25(13-11-24)20(27)9-14-31(28,29)19-4-2-3-18-21(19)23-30-22-18/h2-8H,9-14H2,1H3. The number of rotatable bonds is 6. The third-order valence-electron chi connectivity index (χ3n) is 5.44. The maximum atomic E-state index is 12.7. The number of nitrogens with zero attached hydrogens (tertiary/aromatic N) is 4. The van der Waals surface area contributed by atoms with Crippen molar-refractivity contribution >= 4 is 38.2 Å². The Morgan fingerprint density at radius 3 is 2.39 bits per heavy atom. The molecular weight excluding hydrogens is 420 g/mol. The van der Waals surface area contributed by atoms with Gasteiger partial charge in [0.2, 0.25) is 5.91 Å². The minimum atomic E-state index is -3.70. The van der Waals surface area contributed by atoms with Gasteiger partial charge in [0.25, 0.3) is 0 Å². The highest BCUT2D eigenvalue weighted by molar-refractivity contribution is 7.91. The molecular formula is C21H22N4O5S. The molecule has 1 amide bonds. The number of benzene rings is 2. The third kappa shape index (κ3) is 4.43. The Kier molecular flexibility index (Phi) is 5.73. The van der Waals surface area contributed by atoms with Crippen LogP contribution in [0.15, 0.2) is 52.0 Å². The van der Waals surface area contributed by atoms with E-state index in [4.69, 9.17) is 0 Å². The summed E-state index contributed by atoms with van der Waals surface area (Å²) in [6.45, 7) is 3.83. The largest absolute Gasteiger partial charge is 0.368 e. The fourth-order valence-corrected chi connectivity index (χ4v) is 5.03. The zero-order valence-electron chi connectivity index (χ0n) is 17.0. The van der Waals surface area contributed by atoms with Gasteiger partial charge >= 0.3 is 0 Å². The first-order valence-corrected chi connectivity index (χ1v) is 11.6. The lowest BCUT2D eigenvalue weighted by Gasteiger charge is -2.36. The van der Waals surface area contributed by atoms with E-state index in [2.05, 4.69) is 19.8 Å².